The van der Waals surface area contributed by atoms with Crippen molar-refractivity contribution in [3.05, 3.63) is 66.7 Å². The van der Waals surface area contributed by atoms with Gasteiger partial charge in [0.15, 0.2) is 16.6 Å². The first-order valence-corrected chi connectivity index (χ1v) is 9.90. The van der Waals surface area contributed by atoms with Crippen molar-refractivity contribution in [3.63, 3.8) is 0 Å². The van der Waals surface area contributed by atoms with Crippen LogP contribution in [0.1, 0.15) is 0 Å². The van der Waals surface area contributed by atoms with E-state index in [1.54, 1.807) is 12.3 Å². The number of nitrogens with two attached hydrogens (primary N) is 1. The number of fused-ring (bicyclic) bond motifs is 4. The van der Waals surface area contributed by atoms with Crippen LogP contribution in [-0.2, 0) is 0 Å². The molecule has 0 amide bonds. The van der Waals surface area contributed by atoms with E-state index >= 15 is 0 Å². The van der Waals surface area contributed by atoms with Gasteiger partial charge in [-0.3, -0.25) is 9.38 Å². The number of hydrogen-bond acceptors (Lipinski definition) is 7. The summed E-state index contributed by atoms with van der Waals surface area (Å²) in [7, 11) is 0. The Balaban J connectivity index is 1.59. The molecule has 0 spiro atoms. The Kier molecular flexibility index (Phi) is 3.53. The SMILES string of the molecule is Nc1nc2ccc(-c3ccc4ncc5nnc(-c6ccc(F)cn6)n5c4c3)cc2s1. The van der Waals surface area contributed by atoms with Gasteiger partial charge in [0.25, 0.3) is 0 Å². The minimum Gasteiger partial charge on any atom is -0.375 e. The highest BCUT2D eigenvalue weighted by Crippen LogP contribution is 2.31. The minimum atomic E-state index is -0.402. The Hall–Kier alpha value is -3.98. The van der Waals surface area contributed by atoms with Crippen LogP contribution < -0.4 is 5.73 Å². The van der Waals surface area contributed by atoms with Gasteiger partial charge in [-0.25, -0.2) is 14.4 Å². The second-order valence-corrected chi connectivity index (χ2v) is 7.84. The molecule has 0 aliphatic carbocycles. The van der Waals surface area contributed by atoms with Crippen LogP contribution in [0.3, 0.4) is 0 Å². The van der Waals surface area contributed by atoms with E-state index in [1.165, 1.54) is 23.6 Å². The molecule has 2 aromatic carbocycles. The third kappa shape index (κ3) is 2.60. The molecule has 6 rings (SSSR count). The molecule has 0 saturated heterocycles. The lowest BCUT2D eigenvalue weighted by atomic mass is 10.0. The molecule has 0 atom stereocenters. The molecular weight excluding hydrogens is 401 g/mol. The summed E-state index contributed by atoms with van der Waals surface area (Å²) in [6.45, 7) is 0. The summed E-state index contributed by atoms with van der Waals surface area (Å²) in [5.41, 5.74) is 11.5. The molecule has 0 radical (unpaired) electrons. The van der Waals surface area contributed by atoms with E-state index in [0.29, 0.717) is 22.3 Å². The first-order chi connectivity index (χ1) is 14.7. The molecule has 9 heteroatoms. The van der Waals surface area contributed by atoms with Gasteiger partial charge in [0.1, 0.15) is 11.5 Å². The number of rotatable bonds is 2. The average molecular weight is 413 g/mol. The summed E-state index contributed by atoms with van der Waals surface area (Å²) in [5.74, 6) is 0.126. The van der Waals surface area contributed by atoms with E-state index < -0.39 is 5.82 Å². The van der Waals surface area contributed by atoms with E-state index in [4.69, 9.17) is 5.73 Å². The van der Waals surface area contributed by atoms with Crippen molar-refractivity contribution in [2.75, 3.05) is 5.73 Å². The third-order valence-corrected chi connectivity index (χ3v) is 5.77. The summed E-state index contributed by atoms with van der Waals surface area (Å²) in [6, 6.07) is 15.0. The average Bonchev–Trinajstić information content (AvgIpc) is 3.36. The van der Waals surface area contributed by atoms with E-state index in [-0.39, 0.29) is 0 Å². The summed E-state index contributed by atoms with van der Waals surface area (Å²) in [5, 5.41) is 9.02. The van der Waals surface area contributed by atoms with Crippen LogP contribution in [0.2, 0.25) is 0 Å². The van der Waals surface area contributed by atoms with Gasteiger partial charge < -0.3 is 5.73 Å². The van der Waals surface area contributed by atoms with Gasteiger partial charge >= 0.3 is 0 Å². The largest absolute Gasteiger partial charge is 0.375 e. The van der Waals surface area contributed by atoms with Crippen LogP contribution >= 0.6 is 11.3 Å². The van der Waals surface area contributed by atoms with Crippen molar-refractivity contribution in [3.8, 4) is 22.6 Å². The van der Waals surface area contributed by atoms with Crippen molar-refractivity contribution in [1.29, 1.82) is 0 Å². The van der Waals surface area contributed by atoms with Crippen LogP contribution in [-0.4, -0.2) is 29.5 Å². The standard InChI is InChI=1S/C21H12FN7S/c22-13-3-6-16(24-9-13)20-28-27-19-10-25-14-4-1-11(7-17(14)29(19)20)12-2-5-15-18(8-12)30-21(23)26-15/h1-10H,(H2,23,26). The molecule has 144 valence electrons. The predicted molar refractivity (Wildman–Crippen MR) is 115 cm³/mol. The summed E-state index contributed by atoms with van der Waals surface area (Å²) >= 11 is 1.46. The van der Waals surface area contributed by atoms with Gasteiger partial charge in [-0.2, -0.15) is 0 Å². The summed E-state index contributed by atoms with van der Waals surface area (Å²) < 4.78 is 16.2. The predicted octanol–water partition coefficient (Wildman–Crippen LogP) is 4.34. The zero-order valence-electron chi connectivity index (χ0n) is 15.3. The molecular formula is C21H12FN7S. The first-order valence-electron chi connectivity index (χ1n) is 9.08. The monoisotopic (exact) mass is 413 g/mol. The summed E-state index contributed by atoms with van der Waals surface area (Å²) in [4.78, 5) is 13.0. The number of aromatic nitrogens is 6. The Morgan fingerprint density at radius 1 is 0.867 bits per heavy atom. The first kappa shape index (κ1) is 16.9. The number of halogens is 1. The zero-order chi connectivity index (χ0) is 20.2. The third-order valence-electron chi connectivity index (χ3n) is 4.92. The van der Waals surface area contributed by atoms with Crippen LogP contribution in [0.15, 0.2) is 60.9 Å². The Morgan fingerprint density at radius 2 is 1.70 bits per heavy atom. The lowest BCUT2D eigenvalue weighted by molar-refractivity contribution is 0.621. The maximum absolute atomic E-state index is 13.3. The van der Waals surface area contributed by atoms with Crippen molar-refractivity contribution < 1.29 is 4.39 Å². The topological polar surface area (TPSA) is 94.9 Å². The fourth-order valence-electron chi connectivity index (χ4n) is 3.53. The lowest BCUT2D eigenvalue weighted by Gasteiger charge is -2.07. The van der Waals surface area contributed by atoms with Gasteiger partial charge in [-0.15, -0.1) is 10.2 Å². The second-order valence-electron chi connectivity index (χ2n) is 6.78. The number of thiazole rings is 1. The van der Waals surface area contributed by atoms with Crippen molar-refractivity contribution in [2.24, 2.45) is 0 Å². The fraction of sp³-hybridized carbons (Fsp3) is 0. The van der Waals surface area contributed by atoms with Crippen LogP contribution in [0.4, 0.5) is 9.52 Å². The van der Waals surface area contributed by atoms with Gasteiger partial charge in [0, 0.05) is 0 Å². The molecule has 0 unspecified atom stereocenters. The van der Waals surface area contributed by atoms with Crippen molar-refractivity contribution >= 4 is 43.4 Å². The van der Waals surface area contributed by atoms with Gasteiger partial charge in [0.2, 0.25) is 0 Å². The quantitative estimate of drug-likeness (QED) is 0.454. The molecule has 0 aliphatic rings. The molecule has 0 fully saturated rings. The zero-order valence-corrected chi connectivity index (χ0v) is 16.1. The van der Waals surface area contributed by atoms with Gasteiger partial charge in [-0.1, -0.05) is 23.5 Å². The number of benzene rings is 2. The molecule has 7 nitrogen and oxygen atoms in total. The molecule has 0 bridgehead atoms. The number of nitrogens with zero attached hydrogens (tertiary/aromatic N) is 6. The maximum atomic E-state index is 13.3. The number of nitrogen functional groups attached to an aromatic ring is 1. The Morgan fingerprint density at radius 3 is 2.53 bits per heavy atom. The van der Waals surface area contributed by atoms with E-state index in [9.17, 15) is 4.39 Å². The van der Waals surface area contributed by atoms with Crippen molar-refractivity contribution in [2.45, 2.75) is 0 Å². The second kappa shape index (κ2) is 6.26. The number of anilines is 1. The summed E-state index contributed by atoms with van der Waals surface area (Å²) in [6.07, 6.45) is 2.83. The van der Waals surface area contributed by atoms with E-state index in [2.05, 4.69) is 31.2 Å². The van der Waals surface area contributed by atoms with Crippen LogP contribution in [0.25, 0.3) is 49.5 Å². The van der Waals surface area contributed by atoms with Gasteiger partial charge in [-0.05, 0) is 47.5 Å². The minimum absolute atomic E-state index is 0.402. The molecule has 6 aromatic rings. The fourth-order valence-corrected chi connectivity index (χ4v) is 4.31. The molecule has 0 aliphatic heterocycles. The highest BCUT2D eigenvalue weighted by molar-refractivity contribution is 7.22. The number of hydrogen-bond donors (Lipinski definition) is 1. The van der Waals surface area contributed by atoms with Crippen molar-refractivity contribution in [1.82, 2.24) is 29.5 Å². The number of pyridine rings is 1. The van der Waals surface area contributed by atoms with E-state index in [1.807, 2.05) is 34.7 Å². The normalized spacial score (nSPS) is 11.6. The Labute approximate surface area is 172 Å². The smallest absolute Gasteiger partial charge is 0.187 e. The van der Waals surface area contributed by atoms with E-state index in [0.717, 1.165) is 32.4 Å². The highest BCUT2D eigenvalue weighted by atomic mass is 32.1. The molecule has 4 heterocycles. The molecule has 2 N–H and O–H groups in total. The van der Waals surface area contributed by atoms with Gasteiger partial charge in [0.05, 0.1) is 33.6 Å². The Bertz CT molecular complexity index is 1570. The van der Waals surface area contributed by atoms with Crippen LogP contribution in [0, 0.1) is 5.82 Å². The van der Waals surface area contributed by atoms with Crippen LogP contribution in [0.5, 0.6) is 0 Å². The molecule has 4 aromatic heterocycles. The molecule has 0 saturated carbocycles. The lowest BCUT2D eigenvalue weighted by Crippen LogP contribution is -1.96. The molecule has 30 heavy (non-hydrogen) atoms. The highest BCUT2D eigenvalue weighted by Gasteiger charge is 2.14. The maximum Gasteiger partial charge on any atom is 0.187 e.